The molecular weight excluding hydrogens is 292 g/mol. The third-order valence-corrected chi connectivity index (χ3v) is 4.82. The van der Waals surface area contributed by atoms with E-state index < -0.39 is 15.6 Å². The number of aromatic nitrogens is 1. The van der Waals surface area contributed by atoms with Gasteiger partial charge in [0.25, 0.3) is 5.56 Å². The van der Waals surface area contributed by atoms with Crippen LogP contribution in [0.25, 0.3) is 0 Å². The van der Waals surface area contributed by atoms with Gasteiger partial charge in [0.2, 0.25) is 10.0 Å². The van der Waals surface area contributed by atoms with E-state index in [-0.39, 0.29) is 22.1 Å². The summed E-state index contributed by atoms with van der Waals surface area (Å²) in [4.78, 5) is 13.3. The molecule has 2 N–H and O–H groups in total. The molecule has 19 heavy (non-hydrogen) atoms. The van der Waals surface area contributed by atoms with E-state index in [1.165, 1.54) is 0 Å². The summed E-state index contributed by atoms with van der Waals surface area (Å²) in [5.41, 5.74) is -0.521. The summed E-state index contributed by atoms with van der Waals surface area (Å²) in [5, 5.41) is -0.160. The number of nitrogens with one attached hydrogen (secondary N) is 2. The number of H-pyrrole nitrogens is 1. The maximum Gasteiger partial charge on any atom is 0.266 e. The van der Waals surface area contributed by atoms with E-state index in [2.05, 4.69) is 9.71 Å². The number of aromatic amines is 1. The lowest BCUT2D eigenvalue weighted by Crippen LogP contribution is -2.40. The van der Waals surface area contributed by atoms with Crippen molar-refractivity contribution in [2.75, 3.05) is 6.61 Å². The monoisotopic (exact) mass is 306 g/mol. The Morgan fingerprint density at radius 3 is 2.89 bits per heavy atom. The van der Waals surface area contributed by atoms with Gasteiger partial charge in [-0.25, -0.2) is 13.1 Å². The quantitative estimate of drug-likeness (QED) is 0.864. The van der Waals surface area contributed by atoms with Crippen molar-refractivity contribution in [3.63, 3.8) is 0 Å². The lowest BCUT2D eigenvalue weighted by atomic mass is 10.1. The molecule has 2 heterocycles. The SMILES string of the molecule is CC(NS(=O)(=O)c1c[nH]c(=O)c(Cl)c1)C1CCCO1. The van der Waals surface area contributed by atoms with Gasteiger partial charge in [-0.05, 0) is 25.8 Å². The van der Waals surface area contributed by atoms with Crippen molar-refractivity contribution in [3.05, 3.63) is 27.6 Å². The van der Waals surface area contributed by atoms with Crippen LogP contribution >= 0.6 is 11.6 Å². The zero-order valence-corrected chi connectivity index (χ0v) is 11.9. The van der Waals surface area contributed by atoms with Crippen molar-refractivity contribution >= 4 is 21.6 Å². The van der Waals surface area contributed by atoms with Crippen LogP contribution in [0.5, 0.6) is 0 Å². The number of halogens is 1. The highest BCUT2D eigenvalue weighted by atomic mass is 35.5. The smallest absolute Gasteiger partial charge is 0.266 e. The van der Waals surface area contributed by atoms with Gasteiger partial charge in [-0.1, -0.05) is 11.6 Å². The maximum atomic E-state index is 12.1. The summed E-state index contributed by atoms with van der Waals surface area (Å²) in [7, 11) is -3.72. The van der Waals surface area contributed by atoms with Gasteiger partial charge in [0.05, 0.1) is 11.0 Å². The molecular formula is C11H15ClN2O4S. The van der Waals surface area contributed by atoms with Crippen molar-refractivity contribution in [2.45, 2.75) is 36.8 Å². The Bertz CT molecular complexity index is 607. The Labute approximate surface area is 116 Å². The zero-order chi connectivity index (χ0) is 14.0. The van der Waals surface area contributed by atoms with Gasteiger partial charge in [-0.2, -0.15) is 0 Å². The minimum Gasteiger partial charge on any atom is -0.377 e. The zero-order valence-electron chi connectivity index (χ0n) is 10.3. The van der Waals surface area contributed by atoms with Crippen molar-refractivity contribution in [1.82, 2.24) is 9.71 Å². The second-order valence-electron chi connectivity index (χ2n) is 4.47. The molecule has 0 bridgehead atoms. The Balaban J connectivity index is 2.17. The third kappa shape index (κ3) is 3.36. The van der Waals surface area contributed by atoms with Crippen LogP contribution in [-0.4, -0.2) is 32.2 Å². The molecule has 2 atom stereocenters. The lowest BCUT2D eigenvalue weighted by Gasteiger charge is -2.19. The molecule has 0 amide bonds. The van der Waals surface area contributed by atoms with Gasteiger partial charge in [-0.15, -0.1) is 0 Å². The molecule has 0 spiro atoms. The normalized spacial score (nSPS) is 21.5. The first kappa shape index (κ1) is 14.5. The van der Waals surface area contributed by atoms with Crippen molar-refractivity contribution in [2.24, 2.45) is 0 Å². The number of rotatable bonds is 4. The Hall–Kier alpha value is -0.890. The average Bonchev–Trinajstić information content (AvgIpc) is 2.85. The molecule has 6 nitrogen and oxygen atoms in total. The van der Waals surface area contributed by atoms with Crippen LogP contribution < -0.4 is 10.3 Å². The number of hydrogen-bond acceptors (Lipinski definition) is 4. The highest BCUT2D eigenvalue weighted by Crippen LogP contribution is 2.18. The van der Waals surface area contributed by atoms with E-state index in [0.29, 0.717) is 6.61 Å². The molecule has 1 aliphatic rings. The molecule has 1 saturated heterocycles. The fourth-order valence-electron chi connectivity index (χ4n) is 1.98. The molecule has 8 heteroatoms. The summed E-state index contributed by atoms with van der Waals surface area (Å²) in [6.07, 6.45) is 2.77. The van der Waals surface area contributed by atoms with E-state index in [1.807, 2.05) is 0 Å². The summed E-state index contributed by atoms with van der Waals surface area (Å²) < 4.78 is 32.2. The Morgan fingerprint density at radius 1 is 1.58 bits per heavy atom. The predicted molar refractivity (Wildman–Crippen MR) is 70.8 cm³/mol. The molecule has 106 valence electrons. The fraction of sp³-hybridized carbons (Fsp3) is 0.545. The van der Waals surface area contributed by atoms with Crippen molar-refractivity contribution in [1.29, 1.82) is 0 Å². The largest absolute Gasteiger partial charge is 0.377 e. The first-order valence-corrected chi connectivity index (χ1v) is 7.78. The number of ether oxygens (including phenoxy) is 1. The molecule has 1 fully saturated rings. The van der Waals surface area contributed by atoms with Crippen LogP contribution in [-0.2, 0) is 14.8 Å². The summed E-state index contributed by atoms with van der Waals surface area (Å²) in [6.45, 7) is 2.40. The average molecular weight is 307 g/mol. The minimum atomic E-state index is -3.72. The number of pyridine rings is 1. The second-order valence-corrected chi connectivity index (χ2v) is 6.60. The van der Waals surface area contributed by atoms with Gasteiger partial charge < -0.3 is 9.72 Å². The van der Waals surface area contributed by atoms with E-state index in [4.69, 9.17) is 16.3 Å². The molecule has 2 rings (SSSR count). The van der Waals surface area contributed by atoms with E-state index in [1.54, 1.807) is 6.92 Å². The maximum absolute atomic E-state index is 12.1. The van der Waals surface area contributed by atoms with Crippen LogP contribution in [0.1, 0.15) is 19.8 Å². The summed E-state index contributed by atoms with van der Waals surface area (Å²) >= 11 is 5.62. The highest BCUT2D eigenvalue weighted by molar-refractivity contribution is 7.89. The van der Waals surface area contributed by atoms with Gasteiger partial charge in [0.15, 0.2) is 0 Å². The molecule has 1 aliphatic heterocycles. The molecule has 1 aromatic heterocycles. The van der Waals surface area contributed by atoms with Gasteiger partial charge in [0, 0.05) is 18.8 Å². The standard InChI is InChI=1S/C11H15ClN2O4S/c1-7(10-3-2-4-18-10)14-19(16,17)8-5-9(12)11(15)13-6-8/h5-7,10,14H,2-4H2,1H3,(H,13,15). The molecule has 0 aliphatic carbocycles. The molecule has 0 aromatic carbocycles. The van der Waals surface area contributed by atoms with Gasteiger partial charge in [-0.3, -0.25) is 4.79 Å². The number of sulfonamides is 1. The van der Waals surface area contributed by atoms with Crippen LogP contribution in [0.3, 0.4) is 0 Å². The molecule has 1 aromatic rings. The summed E-state index contributed by atoms with van der Waals surface area (Å²) in [6, 6.07) is 0.795. The van der Waals surface area contributed by atoms with Gasteiger partial charge >= 0.3 is 0 Å². The fourth-order valence-corrected chi connectivity index (χ4v) is 3.48. The Morgan fingerprint density at radius 2 is 2.32 bits per heavy atom. The van der Waals surface area contributed by atoms with E-state index in [9.17, 15) is 13.2 Å². The topological polar surface area (TPSA) is 88.3 Å². The number of hydrogen-bond donors (Lipinski definition) is 2. The second kappa shape index (κ2) is 5.62. The lowest BCUT2D eigenvalue weighted by molar-refractivity contribution is 0.0902. The Kier molecular flexibility index (Phi) is 4.29. The van der Waals surface area contributed by atoms with Crippen LogP contribution in [0.2, 0.25) is 5.02 Å². The van der Waals surface area contributed by atoms with Crippen LogP contribution in [0, 0.1) is 0 Å². The van der Waals surface area contributed by atoms with Crippen LogP contribution in [0.4, 0.5) is 0 Å². The minimum absolute atomic E-state index is 0.0676. The molecule has 2 unspecified atom stereocenters. The van der Waals surface area contributed by atoms with E-state index in [0.717, 1.165) is 25.1 Å². The third-order valence-electron chi connectivity index (χ3n) is 3.01. The van der Waals surface area contributed by atoms with Gasteiger partial charge in [0.1, 0.15) is 5.02 Å². The molecule has 0 saturated carbocycles. The predicted octanol–water partition coefficient (Wildman–Crippen LogP) is 0.874. The van der Waals surface area contributed by atoms with Crippen molar-refractivity contribution in [3.8, 4) is 0 Å². The van der Waals surface area contributed by atoms with E-state index >= 15 is 0 Å². The first-order valence-electron chi connectivity index (χ1n) is 5.92. The highest BCUT2D eigenvalue weighted by Gasteiger charge is 2.27. The summed E-state index contributed by atoms with van der Waals surface area (Å²) in [5.74, 6) is 0. The van der Waals surface area contributed by atoms with Crippen LogP contribution in [0.15, 0.2) is 22.0 Å². The van der Waals surface area contributed by atoms with Crippen molar-refractivity contribution < 1.29 is 13.2 Å². The molecule has 0 radical (unpaired) electrons. The first-order chi connectivity index (χ1) is 8.90.